The fourth-order valence-corrected chi connectivity index (χ4v) is 7.43. The summed E-state index contributed by atoms with van der Waals surface area (Å²) < 4.78 is 7.88. The Kier molecular flexibility index (Phi) is 11.9. The molecule has 0 spiro atoms. The number of hydrogen-bond acceptors (Lipinski definition) is 6. The molecule has 0 aliphatic carbocycles. The molecule has 3 heterocycles. The first-order valence-electron chi connectivity index (χ1n) is 17.1. The van der Waals surface area contributed by atoms with Crippen LogP contribution in [-0.2, 0) is 32.6 Å². The Morgan fingerprint density at radius 1 is 0.980 bits per heavy atom. The standard InChI is InChI=1S/C39H45ClN6O2S/c1-28(2)48-34-13-9-31(10-14-34)26-42-25-30-6-4-29(5-7-30)8-11-32-24-33(12-15-36(32)40)38-35-27-45(39(41)47)19-16-37(35)46(43-38)18-3-17-44-20-22-49-23-21-44/h4-7,9-10,12-15,24,28,42H,3,16-23,25-27H2,1-2H3,(H2,41,47). The number of thioether (sulfide) groups is 1. The zero-order valence-corrected chi connectivity index (χ0v) is 30.0. The fraction of sp³-hybridized carbons (Fsp3) is 0.385. The zero-order chi connectivity index (χ0) is 34.2. The first-order chi connectivity index (χ1) is 23.8. The van der Waals surface area contributed by atoms with Gasteiger partial charge >= 0.3 is 6.03 Å². The summed E-state index contributed by atoms with van der Waals surface area (Å²) in [7, 11) is 0. The Bertz CT molecular complexity index is 1790. The molecule has 8 nitrogen and oxygen atoms in total. The van der Waals surface area contributed by atoms with E-state index < -0.39 is 6.03 Å². The van der Waals surface area contributed by atoms with E-state index in [1.165, 1.54) is 28.3 Å². The number of nitrogens with one attached hydrogen (secondary N) is 1. The predicted octanol–water partition coefficient (Wildman–Crippen LogP) is 6.56. The van der Waals surface area contributed by atoms with E-state index in [0.29, 0.717) is 18.1 Å². The number of amides is 2. The van der Waals surface area contributed by atoms with Gasteiger partial charge in [-0.25, -0.2) is 4.79 Å². The highest BCUT2D eigenvalue weighted by Gasteiger charge is 2.27. The van der Waals surface area contributed by atoms with Gasteiger partial charge in [-0.3, -0.25) is 4.68 Å². The van der Waals surface area contributed by atoms with Crippen LogP contribution >= 0.6 is 23.4 Å². The van der Waals surface area contributed by atoms with Crippen molar-refractivity contribution in [3.8, 4) is 28.8 Å². The van der Waals surface area contributed by atoms with E-state index in [1.807, 2.05) is 68.1 Å². The molecular formula is C39H45ClN6O2S. The van der Waals surface area contributed by atoms with Crippen molar-refractivity contribution in [1.82, 2.24) is 24.9 Å². The van der Waals surface area contributed by atoms with E-state index in [9.17, 15) is 4.79 Å². The molecule has 0 radical (unpaired) electrons. The molecule has 256 valence electrons. The van der Waals surface area contributed by atoms with Crippen molar-refractivity contribution in [1.29, 1.82) is 0 Å². The van der Waals surface area contributed by atoms with Crippen molar-refractivity contribution < 1.29 is 9.53 Å². The molecule has 0 saturated carbocycles. The molecule has 10 heteroatoms. The van der Waals surface area contributed by atoms with Crippen LogP contribution in [0.3, 0.4) is 0 Å². The third-order valence-corrected chi connectivity index (χ3v) is 10.2. The molecule has 1 aromatic heterocycles. The second-order valence-corrected chi connectivity index (χ2v) is 14.5. The van der Waals surface area contributed by atoms with Crippen LogP contribution in [0.15, 0.2) is 66.7 Å². The molecule has 2 aliphatic rings. The van der Waals surface area contributed by atoms with Crippen LogP contribution in [0, 0.1) is 11.8 Å². The summed E-state index contributed by atoms with van der Waals surface area (Å²) in [4.78, 5) is 16.4. The number of fused-ring (bicyclic) bond motifs is 1. The van der Waals surface area contributed by atoms with Crippen LogP contribution in [0.5, 0.6) is 5.75 Å². The lowest BCUT2D eigenvalue weighted by molar-refractivity contribution is 0.201. The monoisotopic (exact) mass is 696 g/mol. The minimum absolute atomic E-state index is 0.167. The van der Waals surface area contributed by atoms with E-state index in [0.717, 1.165) is 85.8 Å². The topological polar surface area (TPSA) is 88.7 Å². The van der Waals surface area contributed by atoms with E-state index >= 15 is 0 Å². The number of halogens is 1. The highest BCUT2D eigenvalue weighted by atomic mass is 35.5. The van der Waals surface area contributed by atoms with E-state index in [-0.39, 0.29) is 6.10 Å². The molecular weight excluding hydrogens is 652 g/mol. The minimum atomic E-state index is -0.404. The number of rotatable bonds is 11. The van der Waals surface area contributed by atoms with Gasteiger partial charge < -0.3 is 25.6 Å². The summed E-state index contributed by atoms with van der Waals surface area (Å²) in [5, 5.41) is 9.21. The maximum Gasteiger partial charge on any atom is 0.315 e. The number of aromatic nitrogens is 2. The van der Waals surface area contributed by atoms with Crippen LogP contribution in [0.2, 0.25) is 5.02 Å². The van der Waals surface area contributed by atoms with Crippen LogP contribution in [0.25, 0.3) is 11.3 Å². The molecule has 1 saturated heterocycles. The van der Waals surface area contributed by atoms with E-state index in [2.05, 4.69) is 51.0 Å². The normalized spacial score (nSPS) is 14.7. The molecule has 3 N–H and O–H groups in total. The first kappa shape index (κ1) is 34.9. The van der Waals surface area contributed by atoms with Crippen LogP contribution in [-0.4, -0.2) is 69.4 Å². The van der Waals surface area contributed by atoms with Gasteiger partial charge in [-0.05, 0) is 74.3 Å². The van der Waals surface area contributed by atoms with Crippen molar-refractivity contribution in [2.75, 3.05) is 37.7 Å². The zero-order valence-electron chi connectivity index (χ0n) is 28.4. The third kappa shape index (κ3) is 9.40. The largest absolute Gasteiger partial charge is 0.491 e. The van der Waals surface area contributed by atoms with Gasteiger partial charge in [-0.15, -0.1) is 0 Å². The molecule has 0 bridgehead atoms. The minimum Gasteiger partial charge on any atom is -0.491 e. The summed E-state index contributed by atoms with van der Waals surface area (Å²) in [6.45, 7) is 10.9. The number of carbonyl (C=O) groups excluding carboxylic acids is 1. The van der Waals surface area contributed by atoms with Crippen molar-refractivity contribution in [3.05, 3.63) is 105 Å². The smallest absolute Gasteiger partial charge is 0.315 e. The van der Waals surface area contributed by atoms with Gasteiger partial charge in [0.2, 0.25) is 0 Å². The Labute approximate surface area is 299 Å². The molecule has 4 aromatic rings. The van der Waals surface area contributed by atoms with E-state index in [4.69, 9.17) is 27.2 Å². The number of nitrogens with zero attached hydrogens (tertiary/aromatic N) is 4. The summed E-state index contributed by atoms with van der Waals surface area (Å²) in [6.07, 6.45) is 1.94. The predicted molar refractivity (Wildman–Crippen MR) is 200 cm³/mol. The van der Waals surface area contributed by atoms with Crippen molar-refractivity contribution in [3.63, 3.8) is 0 Å². The quantitative estimate of drug-likeness (QED) is 0.173. The number of carbonyl (C=O) groups is 1. The number of ether oxygens (including phenoxy) is 1. The third-order valence-electron chi connectivity index (χ3n) is 8.88. The average molecular weight is 697 g/mol. The summed E-state index contributed by atoms with van der Waals surface area (Å²) in [5.74, 6) is 9.89. The fourth-order valence-electron chi connectivity index (χ4n) is 6.29. The van der Waals surface area contributed by atoms with Gasteiger partial charge in [-0.1, -0.05) is 53.8 Å². The molecule has 6 rings (SSSR count). The molecule has 1 fully saturated rings. The van der Waals surface area contributed by atoms with Gasteiger partial charge in [0, 0.05) is 85.1 Å². The second kappa shape index (κ2) is 16.6. The second-order valence-electron chi connectivity index (χ2n) is 12.9. The van der Waals surface area contributed by atoms with Crippen molar-refractivity contribution in [2.45, 2.75) is 59.0 Å². The SMILES string of the molecule is CC(C)Oc1ccc(CNCc2ccc(C#Cc3cc(-c4nn(CCCN5CCSCC5)c5c4CN(C(N)=O)CC5)ccc3Cl)cc2)cc1. The van der Waals surface area contributed by atoms with Gasteiger partial charge in [-0.2, -0.15) is 16.9 Å². The number of nitrogens with two attached hydrogens (primary N) is 1. The molecule has 49 heavy (non-hydrogen) atoms. The van der Waals surface area contributed by atoms with Crippen molar-refractivity contribution >= 4 is 29.4 Å². The Morgan fingerprint density at radius 2 is 1.69 bits per heavy atom. The Morgan fingerprint density at radius 3 is 2.39 bits per heavy atom. The Hall–Kier alpha value is -3.94. The van der Waals surface area contributed by atoms with Gasteiger partial charge in [0.15, 0.2) is 0 Å². The number of urea groups is 1. The lowest BCUT2D eigenvalue weighted by Gasteiger charge is -2.27. The summed E-state index contributed by atoms with van der Waals surface area (Å²) >= 11 is 8.68. The number of hydrogen-bond donors (Lipinski definition) is 2. The summed E-state index contributed by atoms with van der Waals surface area (Å²) in [5.41, 5.74) is 13.8. The average Bonchev–Trinajstić information content (AvgIpc) is 3.47. The summed E-state index contributed by atoms with van der Waals surface area (Å²) in [6, 6.07) is 22.0. The number of aryl methyl sites for hydroxylation is 1. The van der Waals surface area contributed by atoms with Gasteiger partial charge in [0.1, 0.15) is 5.75 Å². The lowest BCUT2D eigenvalue weighted by Crippen LogP contribution is -2.39. The Balaban J connectivity index is 1.12. The van der Waals surface area contributed by atoms with Crippen LogP contribution in [0.4, 0.5) is 4.79 Å². The molecule has 2 aliphatic heterocycles. The molecule has 0 unspecified atom stereocenters. The van der Waals surface area contributed by atoms with E-state index in [1.54, 1.807) is 4.90 Å². The van der Waals surface area contributed by atoms with Crippen molar-refractivity contribution in [2.24, 2.45) is 5.73 Å². The molecule has 2 amide bonds. The molecule has 0 atom stereocenters. The molecule has 3 aromatic carbocycles. The lowest BCUT2D eigenvalue weighted by atomic mass is 9.99. The number of primary amides is 1. The van der Waals surface area contributed by atoms with Gasteiger partial charge in [0.05, 0.1) is 23.4 Å². The van der Waals surface area contributed by atoms with Gasteiger partial charge in [0.25, 0.3) is 0 Å². The number of benzene rings is 3. The highest BCUT2D eigenvalue weighted by Crippen LogP contribution is 2.32. The first-order valence-corrected chi connectivity index (χ1v) is 18.7. The van der Waals surface area contributed by atoms with Crippen LogP contribution < -0.4 is 15.8 Å². The highest BCUT2D eigenvalue weighted by molar-refractivity contribution is 7.99. The maximum atomic E-state index is 12.1. The van der Waals surface area contributed by atoms with Crippen LogP contribution in [0.1, 0.15) is 53.8 Å². The maximum absolute atomic E-state index is 12.1.